The minimum Gasteiger partial charge on any atom is -0.325 e. The van der Waals surface area contributed by atoms with E-state index in [-0.39, 0.29) is 25.4 Å². The zero-order chi connectivity index (χ0) is 29.7. The fourth-order valence-corrected chi connectivity index (χ4v) is 4.31. The summed E-state index contributed by atoms with van der Waals surface area (Å²) in [7, 11) is 0. The second-order valence-corrected chi connectivity index (χ2v) is 9.70. The molecule has 0 saturated carbocycles. The minimum atomic E-state index is -0.0195. The van der Waals surface area contributed by atoms with Crippen LogP contribution in [0, 0.1) is 0 Å². The van der Waals surface area contributed by atoms with Gasteiger partial charge in [0.1, 0.15) is 0 Å². The number of nitrogens with one attached hydrogen (secondary N) is 1. The van der Waals surface area contributed by atoms with Gasteiger partial charge in [0.15, 0.2) is 0 Å². The van der Waals surface area contributed by atoms with Crippen molar-refractivity contribution in [1.82, 2.24) is 29.9 Å². The number of carbonyl (C=O) groups excluding carboxylic acids is 1. The number of nitrogens with zero attached hydrogens (tertiary/aromatic N) is 6. The Morgan fingerprint density at radius 1 is 0.545 bits per heavy atom. The van der Waals surface area contributed by atoms with Gasteiger partial charge in [0.25, 0.3) is 0 Å². The van der Waals surface area contributed by atoms with Crippen LogP contribution >= 0.6 is 22.6 Å². The van der Waals surface area contributed by atoms with E-state index in [4.69, 9.17) is 0 Å². The van der Waals surface area contributed by atoms with Crippen LogP contribution in [0.1, 0.15) is 0 Å². The van der Waals surface area contributed by atoms with E-state index in [9.17, 15) is 4.79 Å². The maximum Gasteiger partial charge on any atom is 0.234 e. The Balaban J connectivity index is 0.000000155. The molecule has 44 heavy (non-hydrogen) atoms. The summed E-state index contributed by atoms with van der Waals surface area (Å²) in [5.41, 5.74) is 6.10. The van der Waals surface area contributed by atoms with E-state index in [0.717, 1.165) is 50.3 Å². The predicted molar refractivity (Wildman–Crippen MR) is 179 cm³/mol. The van der Waals surface area contributed by atoms with Crippen molar-refractivity contribution in [2.45, 2.75) is 0 Å². The summed E-state index contributed by atoms with van der Waals surface area (Å²) >= 11 is 2.04. The zero-order valence-electron chi connectivity index (χ0n) is 23.3. The fraction of sp³-hybridized carbons (Fsp3) is 0.0294. The van der Waals surface area contributed by atoms with E-state index in [1.807, 2.05) is 126 Å². The molecule has 0 atom stereocenters. The number of hydrogen-bond acceptors (Lipinski definition) is 7. The summed E-state index contributed by atoms with van der Waals surface area (Å²) in [6.45, 7) is 0. The zero-order valence-corrected chi connectivity index (χ0v) is 27.2. The molecular formula is C34H26IN7ORu. The molecule has 1 amide bonds. The van der Waals surface area contributed by atoms with Crippen molar-refractivity contribution in [1.29, 1.82) is 0 Å². The molecule has 0 aliphatic heterocycles. The molecule has 7 rings (SSSR count). The molecule has 0 unspecified atom stereocenters. The number of rotatable bonds is 4. The van der Waals surface area contributed by atoms with Crippen molar-refractivity contribution in [2.75, 3.05) is 9.74 Å². The number of carbonyl (C=O) groups is 1. The summed E-state index contributed by atoms with van der Waals surface area (Å²) in [6, 6.07) is 32.8. The van der Waals surface area contributed by atoms with Crippen LogP contribution < -0.4 is 5.32 Å². The average Bonchev–Trinajstić information content (AvgIpc) is 3.10. The third-order valence-corrected chi connectivity index (χ3v) is 6.73. The van der Waals surface area contributed by atoms with Crippen LogP contribution in [-0.4, -0.2) is 40.2 Å². The Hall–Kier alpha value is -4.54. The Labute approximate surface area is 281 Å². The number of pyridine rings is 6. The van der Waals surface area contributed by atoms with Gasteiger partial charge < -0.3 is 5.32 Å². The molecule has 0 aliphatic carbocycles. The molecule has 7 aromatic rings. The van der Waals surface area contributed by atoms with Gasteiger partial charge in [-0.3, -0.25) is 34.7 Å². The molecular weight excluding hydrogens is 750 g/mol. The molecule has 8 nitrogen and oxygen atoms in total. The van der Waals surface area contributed by atoms with Crippen LogP contribution in [0.4, 0.5) is 5.69 Å². The Bertz CT molecular complexity index is 1750. The molecule has 1 N–H and O–H groups in total. The van der Waals surface area contributed by atoms with Gasteiger partial charge in [0.05, 0.1) is 43.9 Å². The maximum atomic E-state index is 11.6. The maximum absolute atomic E-state index is 11.6. The van der Waals surface area contributed by atoms with Crippen molar-refractivity contribution in [3.63, 3.8) is 0 Å². The van der Waals surface area contributed by atoms with Crippen LogP contribution in [0.15, 0.2) is 140 Å². The molecule has 0 radical (unpaired) electrons. The smallest absolute Gasteiger partial charge is 0.234 e. The standard InChI is InChI=1S/C14H10IN3O.2C10H8N2.Ru/c15-8-12(19)18-11-7-9-3-1-5-16-13(9)14-10(11)4-2-6-17-14;2*1-3-7-11-9(5-1)10-6-2-4-8-12-10;/h1-7H,8H2,(H,18,19);2*1-8H;. The largest absolute Gasteiger partial charge is 0.325 e. The number of aromatic nitrogens is 6. The number of alkyl halides is 1. The average molecular weight is 777 g/mol. The summed E-state index contributed by atoms with van der Waals surface area (Å²) in [4.78, 5) is 37.1. The van der Waals surface area contributed by atoms with Crippen LogP contribution in [0.5, 0.6) is 0 Å². The summed E-state index contributed by atoms with van der Waals surface area (Å²) in [5.74, 6) is -0.0195. The van der Waals surface area contributed by atoms with Gasteiger partial charge in [-0.25, -0.2) is 0 Å². The van der Waals surface area contributed by atoms with E-state index < -0.39 is 0 Å². The van der Waals surface area contributed by atoms with E-state index in [1.54, 1.807) is 37.2 Å². The molecule has 0 aliphatic rings. The minimum absolute atomic E-state index is 0. The molecule has 0 saturated heterocycles. The van der Waals surface area contributed by atoms with Gasteiger partial charge in [-0.2, -0.15) is 0 Å². The van der Waals surface area contributed by atoms with Crippen LogP contribution in [-0.2, 0) is 24.3 Å². The van der Waals surface area contributed by atoms with Crippen molar-refractivity contribution in [3.05, 3.63) is 140 Å². The first kappa shape index (κ1) is 32.4. The summed E-state index contributed by atoms with van der Waals surface area (Å²) < 4.78 is 0.421. The second kappa shape index (κ2) is 16.9. The van der Waals surface area contributed by atoms with Gasteiger partial charge >= 0.3 is 0 Å². The summed E-state index contributed by atoms with van der Waals surface area (Å²) in [5, 5.41) is 4.79. The first-order valence-electron chi connectivity index (χ1n) is 13.4. The number of fused-ring (bicyclic) bond motifs is 3. The molecule has 6 heterocycles. The number of halogens is 1. The second-order valence-electron chi connectivity index (χ2n) is 8.94. The number of amides is 1. The molecule has 10 heteroatoms. The molecule has 218 valence electrons. The van der Waals surface area contributed by atoms with Crippen LogP contribution in [0.2, 0.25) is 0 Å². The van der Waals surface area contributed by atoms with Crippen molar-refractivity contribution < 1.29 is 24.3 Å². The predicted octanol–water partition coefficient (Wildman–Crippen LogP) is 7.44. The Kier molecular flexibility index (Phi) is 12.5. The molecule has 1 aromatic carbocycles. The first-order chi connectivity index (χ1) is 21.2. The SMILES string of the molecule is O=C(CI)Nc1cc2cccnc2c2ncccc12.[Ru].c1ccc(-c2ccccn2)nc1.c1ccc(-c2ccccn2)nc1. The van der Waals surface area contributed by atoms with Gasteiger partial charge in [-0.15, -0.1) is 0 Å². The Morgan fingerprint density at radius 2 is 0.977 bits per heavy atom. The number of anilines is 1. The van der Waals surface area contributed by atoms with Gasteiger partial charge in [-0.05, 0) is 72.8 Å². The van der Waals surface area contributed by atoms with E-state index in [2.05, 4.69) is 35.2 Å². The van der Waals surface area contributed by atoms with Crippen molar-refractivity contribution >= 4 is 56.0 Å². The van der Waals surface area contributed by atoms with E-state index in [1.165, 1.54) is 0 Å². The third kappa shape index (κ3) is 8.75. The third-order valence-electron chi connectivity index (χ3n) is 6.04. The first-order valence-corrected chi connectivity index (χ1v) is 14.9. The van der Waals surface area contributed by atoms with E-state index in [0.29, 0.717) is 4.43 Å². The fourth-order valence-electron chi connectivity index (χ4n) is 4.12. The molecule has 6 aromatic heterocycles. The van der Waals surface area contributed by atoms with Crippen LogP contribution in [0.3, 0.4) is 0 Å². The monoisotopic (exact) mass is 777 g/mol. The van der Waals surface area contributed by atoms with Crippen LogP contribution in [0.25, 0.3) is 44.6 Å². The van der Waals surface area contributed by atoms with E-state index >= 15 is 0 Å². The molecule has 0 bridgehead atoms. The normalized spacial score (nSPS) is 9.93. The Morgan fingerprint density at radius 3 is 1.41 bits per heavy atom. The number of benzene rings is 1. The van der Waals surface area contributed by atoms with Gasteiger partial charge in [0, 0.05) is 67.4 Å². The van der Waals surface area contributed by atoms with Crippen molar-refractivity contribution in [3.8, 4) is 22.8 Å². The number of hydrogen-bond donors (Lipinski definition) is 1. The molecule has 0 fully saturated rings. The summed E-state index contributed by atoms with van der Waals surface area (Å²) in [6.07, 6.45) is 10.6. The topological polar surface area (TPSA) is 106 Å². The van der Waals surface area contributed by atoms with Gasteiger partial charge in [0.2, 0.25) is 5.91 Å². The molecule has 0 spiro atoms. The van der Waals surface area contributed by atoms with Gasteiger partial charge in [-0.1, -0.05) is 52.9 Å². The van der Waals surface area contributed by atoms with Crippen molar-refractivity contribution in [2.24, 2.45) is 0 Å². The quantitative estimate of drug-likeness (QED) is 0.0858.